The Morgan fingerprint density at radius 3 is 2.39 bits per heavy atom. The van der Waals surface area contributed by atoms with Crippen LogP contribution in [-0.4, -0.2) is 43.3 Å². The second-order valence-corrected chi connectivity index (χ2v) is 5.24. The normalized spacial score (nSPS) is 21.2. The molecule has 0 aromatic rings. The second-order valence-electron chi connectivity index (χ2n) is 5.24. The standard InChI is InChI=1S/C13H25F3N2/c1-3-17-11(2)12-5-9-18(10-6-12)8-4-7-13(14,15)16/h11-12,17H,3-10H2,1-2H3. The molecule has 2 nitrogen and oxygen atoms in total. The van der Waals surface area contributed by atoms with E-state index in [1.54, 1.807) is 0 Å². The maximum atomic E-state index is 12.0. The van der Waals surface area contributed by atoms with Gasteiger partial charge in [0.15, 0.2) is 0 Å². The van der Waals surface area contributed by atoms with Crippen LogP contribution in [0.25, 0.3) is 0 Å². The minimum absolute atomic E-state index is 0.233. The molecule has 1 heterocycles. The zero-order chi connectivity index (χ0) is 13.6. The fraction of sp³-hybridized carbons (Fsp3) is 1.00. The van der Waals surface area contributed by atoms with Gasteiger partial charge in [0, 0.05) is 12.5 Å². The quantitative estimate of drug-likeness (QED) is 0.795. The number of alkyl halides is 3. The summed E-state index contributed by atoms with van der Waals surface area (Å²) in [6.07, 6.45) is -2.23. The smallest absolute Gasteiger partial charge is 0.314 e. The molecule has 1 N–H and O–H groups in total. The van der Waals surface area contributed by atoms with E-state index < -0.39 is 12.6 Å². The number of rotatable bonds is 6. The molecule has 0 radical (unpaired) electrons. The van der Waals surface area contributed by atoms with Gasteiger partial charge in [-0.1, -0.05) is 6.92 Å². The molecule has 1 unspecified atom stereocenters. The molecule has 5 heteroatoms. The van der Waals surface area contributed by atoms with Crippen LogP contribution >= 0.6 is 0 Å². The van der Waals surface area contributed by atoms with Crippen molar-refractivity contribution >= 4 is 0 Å². The Morgan fingerprint density at radius 2 is 1.89 bits per heavy atom. The van der Waals surface area contributed by atoms with Gasteiger partial charge in [-0.15, -0.1) is 0 Å². The lowest BCUT2D eigenvalue weighted by atomic mass is 9.90. The van der Waals surface area contributed by atoms with Gasteiger partial charge in [-0.05, 0) is 58.3 Å². The summed E-state index contributed by atoms with van der Waals surface area (Å²) < 4.78 is 36.1. The topological polar surface area (TPSA) is 15.3 Å². The Bertz CT molecular complexity index is 223. The maximum Gasteiger partial charge on any atom is 0.389 e. The first-order chi connectivity index (χ1) is 8.42. The van der Waals surface area contributed by atoms with Crippen molar-refractivity contribution in [2.45, 2.75) is 51.7 Å². The number of nitrogens with one attached hydrogen (secondary N) is 1. The highest BCUT2D eigenvalue weighted by Gasteiger charge is 2.27. The van der Waals surface area contributed by atoms with Gasteiger partial charge >= 0.3 is 6.18 Å². The molecule has 0 saturated carbocycles. The molecule has 0 aliphatic carbocycles. The Morgan fingerprint density at radius 1 is 1.28 bits per heavy atom. The summed E-state index contributed by atoms with van der Waals surface area (Å²) in [7, 11) is 0. The first-order valence-electron chi connectivity index (χ1n) is 6.95. The van der Waals surface area contributed by atoms with E-state index in [1.165, 1.54) is 0 Å². The summed E-state index contributed by atoms with van der Waals surface area (Å²) >= 11 is 0. The van der Waals surface area contributed by atoms with Crippen LogP contribution in [0.5, 0.6) is 0 Å². The van der Waals surface area contributed by atoms with Crippen molar-refractivity contribution in [1.29, 1.82) is 0 Å². The van der Waals surface area contributed by atoms with E-state index in [-0.39, 0.29) is 6.42 Å². The van der Waals surface area contributed by atoms with Gasteiger partial charge in [0.25, 0.3) is 0 Å². The van der Waals surface area contributed by atoms with Crippen LogP contribution in [0.4, 0.5) is 13.2 Å². The molecule has 0 aromatic carbocycles. The SMILES string of the molecule is CCNC(C)C1CCN(CCCC(F)(F)F)CC1. The zero-order valence-corrected chi connectivity index (χ0v) is 11.4. The van der Waals surface area contributed by atoms with Crippen LogP contribution in [0.3, 0.4) is 0 Å². The summed E-state index contributed by atoms with van der Waals surface area (Å²) in [5.41, 5.74) is 0. The van der Waals surface area contributed by atoms with Gasteiger partial charge in [-0.25, -0.2) is 0 Å². The summed E-state index contributed by atoms with van der Waals surface area (Å²) in [4.78, 5) is 2.17. The van der Waals surface area contributed by atoms with Crippen molar-refractivity contribution in [3.8, 4) is 0 Å². The molecule has 1 saturated heterocycles. The Hall–Kier alpha value is -0.290. The predicted molar refractivity (Wildman–Crippen MR) is 67.6 cm³/mol. The molecule has 1 aliphatic heterocycles. The Balaban J connectivity index is 2.15. The number of hydrogen-bond donors (Lipinski definition) is 1. The highest BCUT2D eigenvalue weighted by Crippen LogP contribution is 2.24. The van der Waals surface area contributed by atoms with Gasteiger partial charge in [-0.3, -0.25) is 0 Å². The van der Waals surface area contributed by atoms with E-state index in [4.69, 9.17) is 0 Å². The van der Waals surface area contributed by atoms with Crippen molar-refractivity contribution in [3.63, 3.8) is 0 Å². The molecule has 0 amide bonds. The maximum absolute atomic E-state index is 12.0. The van der Waals surface area contributed by atoms with Gasteiger partial charge in [-0.2, -0.15) is 13.2 Å². The average Bonchev–Trinajstić information content (AvgIpc) is 2.28. The van der Waals surface area contributed by atoms with E-state index in [0.29, 0.717) is 18.5 Å². The first kappa shape index (κ1) is 15.8. The second kappa shape index (κ2) is 7.34. The Labute approximate surface area is 108 Å². The Kier molecular flexibility index (Phi) is 6.43. The molecule has 0 aromatic heterocycles. The average molecular weight is 266 g/mol. The largest absolute Gasteiger partial charge is 0.389 e. The molecular weight excluding hydrogens is 241 g/mol. The molecular formula is C13H25F3N2. The first-order valence-corrected chi connectivity index (χ1v) is 6.95. The van der Waals surface area contributed by atoms with Crippen LogP contribution in [0, 0.1) is 5.92 Å². The van der Waals surface area contributed by atoms with Gasteiger partial charge in [0.1, 0.15) is 0 Å². The number of nitrogens with zero attached hydrogens (tertiary/aromatic N) is 1. The van der Waals surface area contributed by atoms with E-state index >= 15 is 0 Å². The molecule has 1 atom stereocenters. The summed E-state index contributed by atoms with van der Waals surface area (Å²) in [6.45, 7) is 7.75. The van der Waals surface area contributed by atoms with E-state index in [0.717, 1.165) is 32.5 Å². The number of piperidine rings is 1. The molecule has 18 heavy (non-hydrogen) atoms. The van der Waals surface area contributed by atoms with Crippen molar-refractivity contribution < 1.29 is 13.2 Å². The minimum atomic E-state index is -4.00. The van der Waals surface area contributed by atoms with Crippen LogP contribution in [0.1, 0.15) is 39.5 Å². The predicted octanol–water partition coefficient (Wildman–Crippen LogP) is 3.04. The highest BCUT2D eigenvalue weighted by molar-refractivity contribution is 4.79. The lowest BCUT2D eigenvalue weighted by molar-refractivity contribution is -0.136. The monoisotopic (exact) mass is 266 g/mol. The highest BCUT2D eigenvalue weighted by atomic mass is 19.4. The third-order valence-corrected chi connectivity index (χ3v) is 3.80. The fourth-order valence-corrected chi connectivity index (χ4v) is 2.67. The van der Waals surface area contributed by atoms with E-state index in [9.17, 15) is 13.2 Å². The van der Waals surface area contributed by atoms with Crippen molar-refractivity contribution in [2.24, 2.45) is 5.92 Å². The van der Waals surface area contributed by atoms with Crippen LogP contribution in [0.15, 0.2) is 0 Å². The van der Waals surface area contributed by atoms with Crippen molar-refractivity contribution in [2.75, 3.05) is 26.2 Å². The molecule has 0 spiro atoms. The van der Waals surface area contributed by atoms with E-state index in [1.807, 2.05) is 0 Å². The van der Waals surface area contributed by atoms with Crippen LogP contribution in [0.2, 0.25) is 0 Å². The van der Waals surface area contributed by atoms with Crippen LogP contribution < -0.4 is 5.32 Å². The lowest BCUT2D eigenvalue weighted by Gasteiger charge is -2.35. The van der Waals surface area contributed by atoms with Crippen LogP contribution in [-0.2, 0) is 0 Å². The third-order valence-electron chi connectivity index (χ3n) is 3.80. The molecule has 0 bridgehead atoms. The van der Waals surface area contributed by atoms with Crippen molar-refractivity contribution in [3.05, 3.63) is 0 Å². The summed E-state index contributed by atoms with van der Waals surface area (Å²) in [6, 6.07) is 0.521. The summed E-state index contributed by atoms with van der Waals surface area (Å²) in [5, 5.41) is 3.43. The zero-order valence-electron chi connectivity index (χ0n) is 11.4. The molecule has 1 fully saturated rings. The van der Waals surface area contributed by atoms with Gasteiger partial charge in [0.2, 0.25) is 0 Å². The van der Waals surface area contributed by atoms with E-state index in [2.05, 4.69) is 24.1 Å². The molecule has 108 valence electrons. The molecule has 1 aliphatic rings. The summed E-state index contributed by atoms with van der Waals surface area (Å²) in [5.74, 6) is 0.670. The third kappa shape index (κ3) is 6.05. The number of halogens is 3. The minimum Gasteiger partial charge on any atom is -0.314 e. The fourth-order valence-electron chi connectivity index (χ4n) is 2.67. The van der Waals surface area contributed by atoms with Gasteiger partial charge in [0.05, 0.1) is 0 Å². The van der Waals surface area contributed by atoms with Crippen molar-refractivity contribution in [1.82, 2.24) is 10.2 Å². The van der Waals surface area contributed by atoms with Gasteiger partial charge < -0.3 is 10.2 Å². The number of likely N-dealkylation sites (tertiary alicyclic amines) is 1. The molecule has 1 rings (SSSR count). The lowest BCUT2D eigenvalue weighted by Crippen LogP contribution is -2.42. The number of hydrogen-bond acceptors (Lipinski definition) is 2.